The van der Waals surface area contributed by atoms with Gasteiger partial charge in [0.15, 0.2) is 0 Å². The molecule has 1 aromatic carbocycles. The lowest BCUT2D eigenvalue weighted by Crippen LogP contribution is -2.31. The average Bonchev–Trinajstić information content (AvgIpc) is 2.36. The standard InChI is InChI=1S/C14H15F3O3/c1-11(18)20-13(14(15,16)17)8-5-9-19-10-12-6-3-2-4-7-12/h2-8,13H,9-10H2,1H3. The number of ether oxygens (including phenoxy) is 2. The molecule has 0 aliphatic heterocycles. The summed E-state index contributed by atoms with van der Waals surface area (Å²) in [4.78, 5) is 10.6. The number of carbonyl (C=O) groups is 1. The molecule has 3 nitrogen and oxygen atoms in total. The molecule has 1 rings (SSSR count). The second-order valence-corrected chi connectivity index (χ2v) is 4.00. The van der Waals surface area contributed by atoms with E-state index in [0.717, 1.165) is 18.6 Å². The van der Waals surface area contributed by atoms with Crippen molar-refractivity contribution in [2.45, 2.75) is 25.8 Å². The summed E-state index contributed by atoms with van der Waals surface area (Å²) in [7, 11) is 0. The molecule has 0 radical (unpaired) electrons. The van der Waals surface area contributed by atoms with E-state index in [2.05, 4.69) is 4.74 Å². The van der Waals surface area contributed by atoms with Crippen LogP contribution in [-0.4, -0.2) is 24.9 Å². The van der Waals surface area contributed by atoms with Gasteiger partial charge in [0.25, 0.3) is 0 Å². The van der Waals surface area contributed by atoms with Gasteiger partial charge in [-0.3, -0.25) is 4.79 Å². The Morgan fingerprint density at radius 3 is 2.50 bits per heavy atom. The minimum atomic E-state index is -4.62. The maximum absolute atomic E-state index is 12.5. The van der Waals surface area contributed by atoms with E-state index in [4.69, 9.17) is 4.74 Å². The number of hydrogen-bond donors (Lipinski definition) is 0. The van der Waals surface area contributed by atoms with Crippen molar-refractivity contribution in [2.24, 2.45) is 0 Å². The second-order valence-electron chi connectivity index (χ2n) is 4.00. The Balaban J connectivity index is 2.39. The van der Waals surface area contributed by atoms with Gasteiger partial charge in [-0.2, -0.15) is 13.2 Å². The van der Waals surface area contributed by atoms with Crippen molar-refractivity contribution in [3.05, 3.63) is 48.0 Å². The predicted molar refractivity (Wildman–Crippen MR) is 66.8 cm³/mol. The van der Waals surface area contributed by atoms with Crippen molar-refractivity contribution in [2.75, 3.05) is 6.61 Å². The molecule has 0 amide bonds. The molecule has 20 heavy (non-hydrogen) atoms. The zero-order chi connectivity index (χ0) is 15.0. The predicted octanol–water partition coefficient (Wildman–Crippen LogP) is 3.25. The highest BCUT2D eigenvalue weighted by molar-refractivity contribution is 5.66. The molecule has 110 valence electrons. The van der Waals surface area contributed by atoms with Crippen molar-refractivity contribution in [1.29, 1.82) is 0 Å². The molecule has 0 saturated carbocycles. The number of alkyl halides is 3. The van der Waals surface area contributed by atoms with Gasteiger partial charge in [-0.1, -0.05) is 36.4 Å². The van der Waals surface area contributed by atoms with Crippen LogP contribution in [0, 0.1) is 0 Å². The van der Waals surface area contributed by atoms with Crippen LogP contribution in [0.3, 0.4) is 0 Å². The largest absolute Gasteiger partial charge is 0.449 e. The highest BCUT2D eigenvalue weighted by Crippen LogP contribution is 2.24. The fourth-order valence-corrected chi connectivity index (χ4v) is 1.39. The number of benzene rings is 1. The number of halogens is 3. The SMILES string of the molecule is CC(=O)OC(C=CCOCc1ccccc1)C(F)(F)F. The van der Waals surface area contributed by atoms with Gasteiger partial charge in [0.2, 0.25) is 6.10 Å². The number of hydrogen-bond acceptors (Lipinski definition) is 3. The summed E-state index contributed by atoms with van der Waals surface area (Å²) >= 11 is 0. The molecule has 0 aromatic heterocycles. The Kier molecular flexibility index (Phi) is 6.24. The summed E-state index contributed by atoms with van der Waals surface area (Å²) in [6.07, 6.45) is -4.90. The topological polar surface area (TPSA) is 35.5 Å². The van der Waals surface area contributed by atoms with E-state index in [0.29, 0.717) is 6.61 Å². The monoisotopic (exact) mass is 288 g/mol. The zero-order valence-corrected chi connectivity index (χ0v) is 10.9. The van der Waals surface area contributed by atoms with E-state index < -0.39 is 18.2 Å². The zero-order valence-electron chi connectivity index (χ0n) is 10.9. The molecule has 0 bridgehead atoms. The fraction of sp³-hybridized carbons (Fsp3) is 0.357. The maximum Gasteiger partial charge on any atom is 0.429 e. The normalized spacial score (nSPS) is 13.4. The lowest BCUT2D eigenvalue weighted by Gasteiger charge is -2.16. The summed E-state index contributed by atoms with van der Waals surface area (Å²) in [6.45, 7) is 1.23. The smallest absolute Gasteiger partial charge is 0.429 e. The molecule has 0 N–H and O–H groups in total. The quantitative estimate of drug-likeness (QED) is 0.458. The molecule has 0 heterocycles. The summed E-state index contributed by atoms with van der Waals surface area (Å²) in [5, 5.41) is 0. The van der Waals surface area contributed by atoms with Crippen molar-refractivity contribution >= 4 is 5.97 Å². The van der Waals surface area contributed by atoms with E-state index in [1.165, 1.54) is 6.08 Å². The Morgan fingerprint density at radius 2 is 1.95 bits per heavy atom. The molecule has 1 unspecified atom stereocenters. The van der Waals surface area contributed by atoms with Crippen LogP contribution in [0.25, 0.3) is 0 Å². The molecule has 0 aliphatic carbocycles. The number of carbonyl (C=O) groups excluding carboxylic acids is 1. The Bertz CT molecular complexity index is 441. The third-order valence-corrected chi connectivity index (χ3v) is 2.25. The van der Waals surface area contributed by atoms with E-state index >= 15 is 0 Å². The molecule has 0 spiro atoms. The average molecular weight is 288 g/mol. The van der Waals surface area contributed by atoms with Gasteiger partial charge in [-0.25, -0.2) is 0 Å². The minimum Gasteiger partial charge on any atom is -0.449 e. The van der Waals surface area contributed by atoms with Crippen molar-refractivity contribution < 1.29 is 27.4 Å². The summed E-state index contributed by atoms with van der Waals surface area (Å²) in [5.74, 6) is -0.984. The van der Waals surface area contributed by atoms with Crippen molar-refractivity contribution in [1.82, 2.24) is 0 Å². The van der Waals surface area contributed by atoms with E-state index in [-0.39, 0.29) is 6.61 Å². The first-order valence-electron chi connectivity index (χ1n) is 5.92. The lowest BCUT2D eigenvalue weighted by molar-refractivity contribution is -0.206. The molecule has 0 aliphatic rings. The van der Waals surface area contributed by atoms with Crippen LogP contribution in [0.2, 0.25) is 0 Å². The van der Waals surface area contributed by atoms with E-state index in [1.54, 1.807) is 0 Å². The van der Waals surface area contributed by atoms with Gasteiger partial charge in [-0.15, -0.1) is 0 Å². The van der Waals surface area contributed by atoms with Gasteiger partial charge < -0.3 is 9.47 Å². The Morgan fingerprint density at radius 1 is 1.30 bits per heavy atom. The third-order valence-electron chi connectivity index (χ3n) is 2.25. The van der Waals surface area contributed by atoms with Crippen LogP contribution >= 0.6 is 0 Å². The maximum atomic E-state index is 12.5. The minimum absolute atomic E-state index is 0.00272. The first kappa shape index (κ1) is 16.2. The van der Waals surface area contributed by atoms with Gasteiger partial charge in [0, 0.05) is 6.92 Å². The van der Waals surface area contributed by atoms with Gasteiger partial charge in [0.05, 0.1) is 13.2 Å². The van der Waals surface area contributed by atoms with Gasteiger partial charge in [0.1, 0.15) is 0 Å². The van der Waals surface area contributed by atoms with Crippen LogP contribution in [0.1, 0.15) is 12.5 Å². The lowest BCUT2D eigenvalue weighted by atomic mass is 10.2. The third kappa shape index (κ3) is 6.38. The highest BCUT2D eigenvalue weighted by Gasteiger charge is 2.40. The van der Waals surface area contributed by atoms with Gasteiger partial charge >= 0.3 is 12.1 Å². The summed E-state index contributed by atoms with van der Waals surface area (Å²) in [6, 6.07) is 9.24. The first-order valence-corrected chi connectivity index (χ1v) is 5.92. The second kappa shape index (κ2) is 7.69. The summed E-state index contributed by atoms with van der Waals surface area (Å²) < 4.78 is 46.8. The molecule has 1 aromatic rings. The molecule has 0 fully saturated rings. The first-order chi connectivity index (χ1) is 9.39. The Labute approximate surface area is 115 Å². The van der Waals surface area contributed by atoms with Crippen molar-refractivity contribution in [3.63, 3.8) is 0 Å². The van der Waals surface area contributed by atoms with Crippen LogP contribution in [0.5, 0.6) is 0 Å². The molecule has 1 atom stereocenters. The molecular weight excluding hydrogens is 273 g/mol. The highest BCUT2D eigenvalue weighted by atomic mass is 19.4. The van der Waals surface area contributed by atoms with E-state index in [9.17, 15) is 18.0 Å². The Hall–Kier alpha value is -1.82. The molecule has 0 saturated heterocycles. The number of esters is 1. The van der Waals surface area contributed by atoms with Crippen molar-refractivity contribution in [3.8, 4) is 0 Å². The molecular formula is C14H15F3O3. The van der Waals surface area contributed by atoms with E-state index in [1.807, 2.05) is 30.3 Å². The summed E-state index contributed by atoms with van der Waals surface area (Å²) in [5.41, 5.74) is 0.924. The van der Waals surface area contributed by atoms with Crippen LogP contribution in [-0.2, 0) is 20.9 Å². The fourth-order valence-electron chi connectivity index (χ4n) is 1.39. The molecule has 6 heteroatoms. The van der Waals surface area contributed by atoms with Crippen LogP contribution in [0.15, 0.2) is 42.5 Å². The van der Waals surface area contributed by atoms with Crippen LogP contribution < -0.4 is 0 Å². The number of rotatable bonds is 6. The van der Waals surface area contributed by atoms with Crippen LogP contribution in [0.4, 0.5) is 13.2 Å². The van der Waals surface area contributed by atoms with Gasteiger partial charge in [-0.05, 0) is 11.6 Å².